The second kappa shape index (κ2) is 6.42. The number of ether oxygens (including phenoxy) is 2. The molecule has 0 spiro atoms. The van der Waals surface area contributed by atoms with E-state index in [1.165, 1.54) is 4.57 Å². The molecular weight excluding hydrogens is 278 g/mol. The van der Waals surface area contributed by atoms with Gasteiger partial charge in [-0.25, -0.2) is 4.79 Å². The van der Waals surface area contributed by atoms with Crippen LogP contribution in [0.15, 0.2) is 4.79 Å². The molecule has 0 amide bonds. The summed E-state index contributed by atoms with van der Waals surface area (Å²) in [6, 6.07) is 0. The van der Waals surface area contributed by atoms with Gasteiger partial charge in [-0.15, -0.1) is 0 Å². The van der Waals surface area contributed by atoms with Crippen LogP contribution >= 0.6 is 0 Å². The number of aliphatic hydroxyl groups excluding tert-OH is 2. The average Bonchev–Trinajstić information content (AvgIpc) is 2.79. The Morgan fingerprint density at radius 2 is 2.29 bits per heavy atom. The molecular formula is C13H21N3O5. The van der Waals surface area contributed by atoms with E-state index in [1.54, 1.807) is 6.92 Å². The molecule has 8 heteroatoms. The SMILES string of the molecule is CCOc1c(N)nc(=O)n(C[C@H]2C[C@H](O)[C@@H](CO)O2)c1C. The molecule has 3 atom stereocenters. The zero-order valence-electron chi connectivity index (χ0n) is 12.2. The lowest BCUT2D eigenvalue weighted by atomic mass is 10.1. The van der Waals surface area contributed by atoms with Crippen LogP contribution in [0.25, 0.3) is 0 Å². The van der Waals surface area contributed by atoms with E-state index < -0.39 is 17.9 Å². The van der Waals surface area contributed by atoms with E-state index in [-0.39, 0.29) is 25.1 Å². The van der Waals surface area contributed by atoms with Gasteiger partial charge < -0.3 is 25.4 Å². The number of nitrogens with two attached hydrogens (primary N) is 1. The van der Waals surface area contributed by atoms with Crippen molar-refractivity contribution >= 4 is 5.82 Å². The molecule has 1 aromatic heterocycles. The molecule has 21 heavy (non-hydrogen) atoms. The lowest BCUT2D eigenvalue weighted by Crippen LogP contribution is -2.32. The van der Waals surface area contributed by atoms with Gasteiger partial charge in [-0.3, -0.25) is 4.57 Å². The van der Waals surface area contributed by atoms with Crippen LogP contribution in [0.4, 0.5) is 5.82 Å². The third kappa shape index (κ3) is 3.17. The van der Waals surface area contributed by atoms with Crippen LogP contribution in [0.2, 0.25) is 0 Å². The highest BCUT2D eigenvalue weighted by atomic mass is 16.5. The average molecular weight is 299 g/mol. The molecule has 0 radical (unpaired) electrons. The second-order valence-electron chi connectivity index (χ2n) is 5.02. The van der Waals surface area contributed by atoms with Crippen molar-refractivity contribution in [2.24, 2.45) is 0 Å². The molecule has 118 valence electrons. The van der Waals surface area contributed by atoms with Gasteiger partial charge in [0.15, 0.2) is 11.6 Å². The first-order valence-corrected chi connectivity index (χ1v) is 6.92. The Morgan fingerprint density at radius 1 is 1.57 bits per heavy atom. The van der Waals surface area contributed by atoms with Crippen molar-refractivity contribution in [2.45, 2.75) is 45.1 Å². The van der Waals surface area contributed by atoms with Crippen LogP contribution in [0.5, 0.6) is 5.75 Å². The smallest absolute Gasteiger partial charge is 0.350 e. The fraction of sp³-hybridized carbons (Fsp3) is 0.692. The summed E-state index contributed by atoms with van der Waals surface area (Å²) in [5, 5.41) is 18.8. The molecule has 4 N–H and O–H groups in total. The maximum atomic E-state index is 12.0. The number of nitrogens with zero attached hydrogens (tertiary/aromatic N) is 2. The number of hydrogen-bond acceptors (Lipinski definition) is 7. The topological polar surface area (TPSA) is 120 Å². The Labute approximate surface area is 122 Å². The molecule has 0 aliphatic carbocycles. The van der Waals surface area contributed by atoms with Crippen molar-refractivity contribution in [2.75, 3.05) is 18.9 Å². The summed E-state index contributed by atoms with van der Waals surface area (Å²) in [7, 11) is 0. The predicted molar refractivity (Wildman–Crippen MR) is 75.2 cm³/mol. The van der Waals surface area contributed by atoms with Crippen LogP contribution < -0.4 is 16.2 Å². The van der Waals surface area contributed by atoms with Gasteiger partial charge in [0.1, 0.15) is 6.10 Å². The Morgan fingerprint density at radius 3 is 2.86 bits per heavy atom. The zero-order chi connectivity index (χ0) is 15.6. The molecule has 1 aromatic rings. The zero-order valence-corrected chi connectivity index (χ0v) is 12.2. The molecule has 2 rings (SSSR count). The number of anilines is 1. The minimum Gasteiger partial charge on any atom is -0.488 e. The number of hydrogen-bond donors (Lipinski definition) is 3. The molecule has 0 saturated carbocycles. The molecule has 1 fully saturated rings. The van der Waals surface area contributed by atoms with Crippen molar-refractivity contribution in [1.29, 1.82) is 0 Å². The van der Waals surface area contributed by atoms with Crippen LogP contribution in [-0.2, 0) is 11.3 Å². The minimum atomic E-state index is -0.732. The van der Waals surface area contributed by atoms with Gasteiger partial charge in [0.25, 0.3) is 0 Å². The quantitative estimate of drug-likeness (QED) is 0.640. The first-order chi connectivity index (χ1) is 9.97. The van der Waals surface area contributed by atoms with Gasteiger partial charge in [0.05, 0.1) is 37.7 Å². The summed E-state index contributed by atoms with van der Waals surface area (Å²) >= 11 is 0. The highest BCUT2D eigenvalue weighted by Gasteiger charge is 2.34. The van der Waals surface area contributed by atoms with E-state index in [1.807, 2.05) is 6.92 Å². The number of aromatic nitrogens is 2. The molecule has 2 heterocycles. The van der Waals surface area contributed by atoms with E-state index in [0.717, 1.165) is 0 Å². The summed E-state index contributed by atoms with van der Waals surface area (Å²) in [4.78, 5) is 15.7. The second-order valence-corrected chi connectivity index (χ2v) is 5.02. The van der Waals surface area contributed by atoms with Crippen molar-refractivity contribution < 1.29 is 19.7 Å². The van der Waals surface area contributed by atoms with Gasteiger partial charge in [0, 0.05) is 6.42 Å². The van der Waals surface area contributed by atoms with E-state index in [4.69, 9.17) is 20.3 Å². The standard InChI is InChI=1S/C13H21N3O5/c1-3-20-11-7(2)16(13(19)15-12(11)14)5-8-4-9(18)10(6-17)21-8/h8-10,17-18H,3-6H2,1-2H3,(H2,14,15,19)/t8-,9+,10-/m1/s1. The minimum absolute atomic E-state index is 0.0659. The number of rotatable bonds is 5. The molecule has 0 bridgehead atoms. The number of nitrogen functional groups attached to an aromatic ring is 1. The Bertz CT molecular complexity index is 559. The predicted octanol–water partition coefficient (Wildman–Crippen LogP) is -0.957. The van der Waals surface area contributed by atoms with E-state index >= 15 is 0 Å². The van der Waals surface area contributed by atoms with Gasteiger partial charge in [-0.05, 0) is 13.8 Å². The van der Waals surface area contributed by atoms with Crippen molar-refractivity contribution in [3.05, 3.63) is 16.2 Å². The van der Waals surface area contributed by atoms with Crippen molar-refractivity contribution in [3.63, 3.8) is 0 Å². The molecule has 1 saturated heterocycles. The summed E-state index contributed by atoms with van der Waals surface area (Å²) in [6.45, 7) is 3.92. The molecule has 1 aliphatic rings. The Balaban J connectivity index is 2.24. The highest BCUT2D eigenvalue weighted by Crippen LogP contribution is 2.25. The monoisotopic (exact) mass is 299 g/mol. The highest BCUT2D eigenvalue weighted by molar-refractivity contribution is 5.48. The van der Waals surface area contributed by atoms with Gasteiger partial charge in [0.2, 0.25) is 0 Å². The molecule has 8 nitrogen and oxygen atoms in total. The maximum Gasteiger partial charge on any atom is 0.350 e. The van der Waals surface area contributed by atoms with Crippen LogP contribution in [0, 0.1) is 6.92 Å². The van der Waals surface area contributed by atoms with E-state index in [2.05, 4.69) is 4.98 Å². The molecule has 0 unspecified atom stereocenters. The normalized spacial score (nSPS) is 25.2. The van der Waals surface area contributed by atoms with E-state index in [9.17, 15) is 9.90 Å². The maximum absolute atomic E-state index is 12.0. The Hall–Kier alpha value is -1.64. The summed E-state index contributed by atoms with van der Waals surface area (Å²) in [5.74, 6) is 0.450. The summed E-state index contributed by atoms with van der Waals surface area (Å²) in [6.07, 6.45) is -1.36. The number of aliphatic hydroxyl groups is 2. The van der Waals surface area contributed by atoms with E-state index in [0.29, 0.717) is 24.5 Å². The lowest BCUT2D eigenvalue weighted by molar-refractivity contribution is -0.0262. The summed E-state index contributed by atoms with van der Waals surface area (Å²) in [5.41, 5.74) is 5.78. The summed E-state index contributed by atoms with van der Waals surface area (Å²) < 4.78 is 12.3. The van der Waals surface area contributed by atoms with Gasteiger partial charge in [-0.1, -0.05) is 0 Å². The Kier molecular flexibility index (Phi) is 4.81. The third-order valence-corrected chi connectivity index (χ3v) is 3.57. The van der Waals surface area contributed by atoms with Crippen molar-refractivity contribution in [3.8, 4) is 5.75 Å². The third-order valence-electron chi connectivity index (χ3n) is 3.57. The van der Waals surface area contributed by atoms with Crippen molar-refractivity contribution in [1.82, 2.24) is 9.55 Å². The largest absolute Gasteiger partial charge is 0.488 e. The van der Waals surface area contributed by atoms with Crippen LogP contribution in [0.3, 0.4) is 0 Å². The van der Waals surface area contributed by atoms with Gasteiger partial charge in [-0.2, -0.15) is 4.98 Å². The first-order valence-electron chi connectivity index (χ1n) is 6.92. The fourth-order valence-electron chi connectivity index (χ4n) is 2.50. The molecule has 0 aromatic carbocycles. The molecule has 1 aliphatic heterocycles. The fourth-order valence-corrected chi connectivity index (χ4v) is 2.50. The van der Waals surface area contributed by atoms with Crippen LogP contribution in [0.1, 0.15) is 19.0 Å². The lowest BCUT2D eigenvalue weighted by Gasteiger charge is -2.18. The van der Waals surface area contributed by atoms with Crippen LogP contribution in [-0.4, -0.2) is 51.3 Å². The van der Waals surface area contributed by atoms with Gasteiger partial charge >= 0.3 is 5.69 Å². The first kappa shape index (κ1) is 15.7.